The van der Waals surface area contributed by atoms with Crippen molar-refractivity contribution in [2.75, 3.05) is 11.4 Å². The summed E-state index contributed by atoms with van der Waals surface area (Å²) in [6.07, 6.45) is 3.42. The van der Waals surface area contributed by atoms with Gasteiger partial charge >= 0.3 is 0 Å². The number of hydrogen-bond donors (Lipinski definition) is 1. The number of primary amides is 1. The van der Waals surface area contributed by atoms with Gasteiger partial charge in [0.2, 0.25) is 0 Å². The van der Waals surface area contributed by atoms with Gasteiger partial charge in [0.25, 0.3) is 5.91 Å². The first-order chi connectivity index (χ1) is 9.58. The van der Waals surface area contributed by atoms with Crippen LogP contribution in [-0.4, -0.2) is 27.2 Å². The lowest BCUT2D eigenvalue weighted by Crippen LogP contribution is -2.32. The fraction of sp³-hybridized carbons (Fsp3) is 0.308. The van der Waals surface area contributed by atoms with Gasteiger partial charge in [-0.3, -0.25) is 14.5 Å². The molecule has 0 fully saturated rings. The smallest absolute Gasteiger partial charge is 0.269 e. The van der Waals surface area contributed by atoms with Crippen LogP contribution in [0, 0.1) is 5.82 Å². The molecule has 1 aliphatic rings. The Labute approximate surface area is 115 Å². The molecule has 20 heavy (non-hydrogen) atoms. The molecule has 3 rings (SSSR count). The first-order valence-corrected chi connectivity index (χ1v) is 6.27. The summed E-state index contributed by atoms with van der Waals surface area (Å²) in [5.41, 5.74) is 7.85. The zero-order valence-electron chi connectivity index (χ0n) is 11.0. The molecule has 0 aliphatic carbocycles. The molecular weight excluding hydrogens is 261 g/mol. The summed E-state index contributed by atoms with van der Waals surface area (Å²) in [4.78, 5) is 17.1. The highest BCUT2D eigenvalue weighted by Crippen LogP contribution is 2.27. The van der Waals surface area contributed by atoms with E-state index in [0.29, 0.717) is 25.2 Å². The van der Waals surface area contributed by atoms with E-state index in [1.54, 1.807) is 24.0 Å². The molecule has 104 valence electrons. The predicted octanol–water partition coefficient (Wildman–Crippen LogP) is 0.616. The van der Waals surface area contributed by atoms with Gasteiger partial charge in [0, 0.05) is 44.0 Å². The SMILES string of the molecule is Cn1nc(C(N)=O)c2c1CCN(c1ccncc1F)C2. The van der Waals surface area contributed by atoms with Crippen LogP contribution in [0.2, 0.25) is 0 Å². The Balaban J connectivity index is 2.00. The summed E-state index contributed by atoms with van der Waals surface area (Å²) in [6.45, 7) is 1.08. The van der Waals surface area contributed by atoms with Gasteiger partial charge in [-0.2, -0.15) is 5.10 Å². The third kappa shape index (κ3) is 1.91. The summed E-state index contributed by atoms with van der Waals surface area (Å²) in [7, 11) is 1.79. The minimum atomic E-state index is -0.557. The predicted molar refractivity (Wildman–Crippen MR) is 70.7 cm³/mol. The molecule has 2 N–H and O–H groups in total. The van der Waals surface area contributed by atoms with E-state index in [4.69, 9.17) is 5.73 Å². The molecule has 1 amide bonds. The van der Waals surface area contributed by atoms with Crippen molar-refractivity contribution in [2.24, 2.45) is 12.8 Å². The number of nitrogens with two attached hydrogens (primary N) is 1. The van der Waals surface area contributed by atoms with Gasteiger partial charge in [-0.05, 0) is 6.07 Å². The number of amides is 1. The Morgan fingerprint density at radius 1 is 1.50 bits per heavy atom. The van der Waals surface area contributed by atoms with Crippen molar-refractivity contribution >= 4 is 11.6 Å². The zero-order chi connectivity index (χ0) is 14.3. The molecule has 7 heteroatoms. The number of nitrogens with zero attached hydrogens (tertiary/aromatic N) is 4. The van der Waals surface area contributed by atoms with Gasteiger partial charge in [0.15, 0.2) is 11.5 Å². The average molecular weight is 275 g/mol. The Hall–Kier alpha value is -2.44. The van der Waals surface area contributed by atoms with E-state index in [1.165, 1.54) is 6.20 Å². The number of aryl methyl sites for hydroxylation is 1. The average Bonchev–Trinajstić information content (AvgIpc) is 2.76. The minimum absolute atomic E-state index is 0.265. The van der Waals surface area contributed by atoms with E-state index in [9.17, 15) is 9.18 Å². The number of rotatable bonds is 2. The third-order valence-electron chi connectivity index (χ3n) is 3.57. The van der Waals surface area contributed by atoms with E-state index in [1.807, 2.05) is 4.90 Å². The topological polar surface area (TPSA) is 77.0 Å². The molecule has 6 nitrogen and oxygen atoms in total. The van der Waals surface area contributed by atoms with Crippen LogP contribution in [0.1, 0.15) is 21.7 Å². The summed E-state index contributed by atoms with van der Waals surface area (Å²) < 4.78 is 15.5. The lowest BCUT2D eigenvalue weighted by Gasteiger charge is -2.29. The molecule has 1 aliphatic heterocycles. The number of carbonyl (C=O) groups is 1. The molecule has 3 heterocycles. The lowest BCUT2D eigenvalue weighted by atomic mass is 10.0. The van der Waals surface area contributed by atoms with Crippen LogP contribution in [-0.2, 0) is 20.0 Å². The molecule has 0 saturated carbocycles. The van der Waals surface area contributed by atoms with Crippen molar-refractivity contribution in [1.82, 2.24) is 14.8 Å². The first-order valence-electron chi connectivity index (χ1n) is 6.27. The van der Waals surface area contributed by atoms with Crippen molar-refractivity contribution in [2.45, 2.75) is 13.0 Å². The number of hydrogen-bond acceptors (Lipinski definition) is 4. The largest absolute Gasteiger partial charge is 0.364 e. The fourth-order valence-electron chi connectivity index (χ4n) is 2.62. The molecule has 0 radical (unpaired) electrons. The number of halogens is 1. The lowest BCUT2D eigenvalue weighted by molar-refractivity contribution is 0.0994. The van der Waals surface area contributed by atoms with Gasteiger partial charge in [-0.1, -0.05) is 0 Å². The Kier molecular flexibility index (Phi) is 2.89. The van der Waals surface area contributed by atoms with Gasteiger partial charge in [-0.15, -0.1) is 0 Å². The van der Waals surface area contributed by atoms with Crippen LogP contribution in [0.3, 0.4) is 0 Å². The van der Waals surface area contributed by atoms with Crippen molar-refractivity contribution in [3.63, 3.8) is 0 Å². The maximum absolute atomic E-state index is 13.8. The Morgan fingerprint density at radius 2 is 2.30 bits per heavy atom. The Bertz CT molecular complexity index is 681. The van der Waals surface area contributed by atoms with Crippen LogP contribution >= 0.6 is 0 Å². The zero-order valence-corrected chi connectivity index (χ0v) is 11.0. The van der Waals surface area contributed by atoms with Crippen molar-refractivity contribution < 1.29 is 9.18 Å². The number of fused-ring (bicyclic) bond motifs is 1. The molecule has 0 aromatic carbocycles. The number of aromatic nitrogens is 3. The maximum Gasteiger partial charge on any atom is 0.269 e. The van der Waals surface area contributed by atoms with Crippen LogP contribution in [0.4, 0.5) is 10.1 Å². The number of anilines is 1. The molecular formula is C13H14FN5O. The van der Waals surface area contributed by atoms with E-state index in [0.717, 1.165) is 11.3 Å². The van der Waals surface area contributed by atoms with Crippen LogP contribution in [0.15, 0.2) is 18.5 Å². The fourth-order valence-corrected chi connectivity index (χ4v) is 2.62. The molecule has 2 aromatic rings. The molecule has 0 unspecified atom stereocenters. The molecule has 2 aromatic heterocycles. The molecule has 0 saturated heterocycles. The van der Waals surface area contributed by atoms with E-state index in [2.05, 4.69) is 10.1 Å². The molecule has 0 atom stereocenters. The minimum Gasteiger partial charge on any atom is -0.364 e. The van der Waals surface area contributed by atoms with Gasteiger partial charge in [-0.25, -0.2) is 4.39 Å². The summed E-state index contributed by atoms with van der Waals surface area (Å²) in [5.74, 6) is -0.931. The summed E-state index contributed by atoms with van der Waals surface area (Å²) >= 11 is 0. The van der Waals surface area contributed by atoms with Gasteiger partial charge in [0.05, 0.1) is 11.9 Å². The first kappa shape index (κ1) is 12.6. The summed E-state index contributed by atoms with van der Waals surface area (Å²) in [5, 5.41) is 4.15. The normalized spacial score (nSPS) is 14.2. The maximum atomic E-state index is 13.8. The van der Waals surface area contributed by atoms with Gasteiger partial charge < -0.3 is 10.6 Å². The highest BCUT2D eigenvalue weighted by Gasteiger charge is 2.27. The highest BCUT2D eigenvalue weighted by molar-refractivity contribution is 5.92. The second kappa shape index (κ2) is 4.59. The Morgan fingerprint density at radius 3 is 3.00 bits per heavy atom. The summed E-state index contributed by atoms with van der Waals surface area (Å²) in [6, 6.07) is 1.63. The van der Waals surface area contributed by atoms with Gasteiger partial charge in [0.1, 0.15) is 0 Å². The second-order valence-electron chi connectivity index (χ2n) is 4.76. The van der Waals surface area contributed by atoms with Crippen LogP contribution < -0.4 is 10.6 Å². The van der Waals surface area contributed by atoms with Crippen molar-refractivity contribution in [3.8, 4) is 0 Å². The monoisotopic (exact) mass is 275 g/mol. The molecule has 0 bridgehead atoms. The van der Waals surface area contributed by atoms with E-state index >= 15 is 0 Å². The second-order valence-corrected chi connectivity index (χ2v) is 4.76. The standard InChI is InChI=1S/C13H14FN5O/c1-18-10-3-5-19(11-2-4-16-6-9(11)14)7-8(10)12(17-18)13(15)20/h2,4,6H,3,5,7H2,1H3,(H2,15,20). The third-order valence-corrected chi connectivity index (χ3v) is 3.57. The van der Waals surface area contributed by atoms with Crippen LogP contribution in [0.5, 0.6) is 0 Å². The van der Waals surface area contributed by atoms with Crippen LogP contribution in [0.25, 0.3) is 0 Å². The van der Waals surface area contributed by atoms with E-state index < -0.39 is 5.91 Å². The molecule has 0 spiro atoms. The highest BCUT2D eigenvalue weighted by atomic mass is 19.1. The quantitative estimate of drug-likeness (QED) is 0.871. The number of pyridine rings is 1. The van der Waals surface area contributed by atoms with E-state index in [-0.39, 0.29) is 11.5 Å². The number of carbonyl (C=O) groups excluding carboxylic acids is 1. The van der Waals surface area contributed by atoms with Crippen molar-refractivity contribution in [1.29, 1.82) is 0 Å². The van der Waals surface area contributed by atoms with Crippen molar-refractivity contribution in [3.05, 3.63) is 41.2 Å².